The first-order chi connectivity index (χ1) is 10.5. The Balaban J connectivity index is 2.14. The second kappa shape index (κ2) is 5.24. The van der Waals surface area contributed by atoms with Gasteiger partial charge in [-0.15, -0.1) is 0 Å². The molecule has 0 unspecified atom stereocenters. The molecule has 1 saturated heterocycles. The number of ether oxygens (including phenoxy) is 1. The first-order valence-electron chi connectivity index (χ1n) is 6.94. The fourth-order valence-corrected chi connectivity index (χ4v) is 4.54. The van der Waals surface area contributed by atoms with Gasteiger partial charge in [0, 0.05) is 13.3 Å². The third-order valence-electron chi connectivity index (χ3n) is 4.34. The molecule has 0 N–H and O–H groups in total. The van der Waals surface area contributed by atoms with E-state index < -0.39 is 22.5 Å². The van der Waals surface area contributed by atoms with Crippen molar-refractivity contribution >= 4 is 33.5 Å². The molecule has 3 rings (SSSR count). The van der Waals surface area contributed by atoms with Crippen molar-refractivity contribution in [3.63, 3.8) is 0 Å². The minimum Gasteiger partial charge on any atom is -0.467 e. The molecule has 0 spiro atoms. The van der Waals surface area contributed by atoms with Gasteiger partial charge in [0.25, 0.3) is 0 Å². The number of amides is 1. The van der Waals surface area contributed by atoms with Gasteiger partial charge in [0.05, 0.1) is 24.2 Å². The molecule has 2 aliphatic heterocycles. The number of para-hydroxylation sites is 1. The summed E-state index contributed by atoms with van der Waals surface area (Å²) in [6.45, 7) is 1.45. The van der Waals surface area contributed by atoms with E-state index in [1.54, 1.807) is 12.2 Å². The lowest BCUT2D eigenvalue weighted by Crippen LogP contribution is -2.52. The third kappa shape index (κ3) is 1.88. The van der Waals surface area contributed by atoms with Crippen LogP contribution in [0.15, 0.2) is 24.3 Å². The van der Waals surface area contributed by atoms with Crippen molar-refractivity contribution < 1.29 is 19.2 Å². The maximum Gasteiger partial charge on any atom is 0.328 e. The molecule has 1 amide bonds. The van der Waals surface area contributed by atoms with E-state index in [2.05, 4.69) is 15.9 Å². The minimum atomic E-state index is -0.641. The summed E-state index contributed by atoms with van der Waals surface area (Å²) in [4.78, 5) is 31.4. The molecule has 7 heteroatoms. The van der Waals surface area contributed by atoms with Gasteiger partial charge < -0.3 is 9.64 Å². The summed E-state index contributed by atoms with van der Waals surface area (Å²) in [5.74, 6) is -0.617. The number of halogens is 1. The summed E-state index contributed by atoms with van der Waals surface area (Å²) < 4.78 is 4.30. The van der Waals surface area contributed by atoms with E-state index in [0.29, 0.717) is 6.42 Å². The first-order valence-corrected chi connectivity index (χ1v) is 7.73. The average Bonchev–Trinajstić information content (AvgIpc) is 2.94. The van der Waals surface area contributed by atoms with Crippen LogP contribution in [-0.2, 0) is 23.5 Å². The summed E-state index contributed by atoms with van der Waals surface area (Å²) in [6.07, 6.45) is -0.00245. The quantitative estimate of drug-likeness (QED) is 0.588. The van der Waals surface area contributed by atoms with Gasteiger partial charge in [-0.2, -0.15) is 0 Å². The Morgan fingerprint density at radius 3 is 2.59 bits per heavy atom. The third-order valence-corrected chi connectivity index (χ3v) is 5.50. The van der Waals surface area contributed by atoms with Gasteiger partial charge >= 0.3 is 5.97 Å². The Hall–Kier alpha value is -1.60. The lowest BCUT2D eigenvalue weighted by atomic mass is 9.96. The van der Waals surface area contributed by atoms with Crippen LogP contribution in [0, 0.1) is 0 Å². The van der Waals surface area contributed by atoms with Crippen molar-refractivity contribution in [2.75, 3.05) is 19.3 Å². The molecular formula is C15H17BrN2O4. The molecule has 1 aromatic carbocycles. The van der Waals surface area contributed by atoms with Gasteiger partial charge in [0.15, 0.2) is 0 Å². The first kappa shape index (κ1) is 15.3. The Kier molecular flexibility index (Phi) is 3.65. The number of hydroxylamine groups is 1. The van der Waals surface area contributed by atoms with E-state index >= 15 is 0 Å². The van der Waals surface area contributed by atoms with Gasteiger partial charge in [0.2, 0.25) is 5.91 Å². The molecule has 3 atom stereocenters. The van der Waals surface area contributed by atoms with E-state index in [9.17, 15) is 9.59 Å². The number of benzene rings is 1. The molecule has 6 nitrogen and oxygen atoms in total. The molecule has 1 fully saturated rings. The van der Waals surface area contributed by atoms with Gasteiger partial charge in [-0.1, -0.05) is 34.1 Å². The van der Waals surface area contributed by atoms with Crippen LogP contribution in [0.3, 0.4) is 0 Å². The highest BCUT2D eigenvalue weighted by Crippen LogP contribution is 2.57. The molecule has 0 aromatic heterocycles. The Morgan fingerprint density at radius 1 is 1.32 bits per heavy atom. The summed E-state index contributed by atoms with van der Waals surface area (Å²) in [5.41, 5.74) is 1.89. The largest absolute Gasteiger partial charge is 0.467 e. The van der Waals surface area contributed by atoms with Crippen LogP contribution >= 0.6 is 15.9 Å². The second-order valence-corrected chi connectivity index (χ2v) is 6.85. The normalized spacial score (nSPS) is 29.3. The van der Waals surface area contributed by atoms with Crippen LogP contribution in [0.5, 0.6) is 0 Å². The predicted molar refractivity (Wildman–Crippen MR) is 83.3 cm³/mol. The number of rotatable bonds is 2. The minimum absolute atomic E-state index is 0.198. The maximum absolute atomic E-state index is 12.2. The highest BCUT2D eigenvalue weighted by Gasteiger charge is 2.63. The fraction of sp³-hybridized carbons (Fsp3) is 0.467. The number of nitrogens with zero attached hydrogens (tertiary/aromatic N) is 2. The number of hydrogen-bond donors (Lipinski definition) is 0. The van der Waals surface area contributed by atoms with Crippen molar-refractivity contribution in [3.05, 3.63) is 29.8 Å². The summed E-state index contributed by atoms with van der Waals surface area (Å²) in [7, 11) is 2.89. The van der Waals surface area contributed by atoms with Gasteiger partial charge in [-0.25, -0.2) is 9.86 Å². The number of carbonyl (C=O) groups excluding carboxylic acids is 2. The van der Waals surface area contributed by atoms with E-state index in [-0.39, 0.29) is 5.91 Å². The second-order valence-electron chi connectivity index (χ2n) is 5.43. The molecule has 22 heavy (non-hydrogen) atoms. The Labute approximate surface area is 137 Å². The lowest BCUT2D eigenvalue weighted by molar-refractivity contribution is -0.152. The molecule has 2 aliphatic rings. The Morgan fingerprint density at radius 2 is 2.00 bits per heavy atom. The van der Waals surface area contributed by atoms with Crippen LogP contribution in [0.1, 0.15) is 18.9 Å². The zero-order valence-corrected chi connectivity index (χ0v) is 14.2. The van der Waals surface area contributed by atoms with Crippen LogP contribution in [-0.4, -0.2) is 43.2 Å². The summed E-state index contributed by atoms with van der Waals surface area (Å²) in [6, 6.07) is 7.12. The van der Waals surface area contributed by atoms with E-state index in [1.807, 2.05) is 24.3 Å². The molecule has 0 saturated carbocycles. The highest BCUT2D eigenvalue weighted by atomic mass is 79.9. The van der Waals surface area contributed by atoms with Crippen LogP contribution in [0.4, 0.5) is 5.69 Å². The van der Waals surface area contributed by atoms with E-state index in [0.717, 1.165) is 11.3 Å². The smallest absolute Gasteiger partial charge is 0.328 e. The van der Waals surface area contributed by atoms with E-state index in [4.69, 9.17) is 9.57 Å². The lowest BCUT2D eigenvalue weighted by Gasteiger charge is -2.34. The zero-order valence-electron chi connectivity index (χ0n) is 12.6. The van der Waals surface area contributed by atoms with Gasteiger partial charge in [-0.3, -0.25) is 9.63 Å². The predicted octanol–water partition coefficient (Wildman–Crippen LogP) is 1.78. The Bertz CT molecular complexity index is 638. The van der Waals surface area contributed by atoms with Crippen molar-refractivity contribution in [2.45, 2.75) is 29.9 Å². The van der Waals surface area contributed by atoms with Crippen molar-refractivity contribution in [1.82, 2.24) is 4.90 Å². The number of anilines is 1. The highest BCUT2D eigenvalue weighted by molar-refractivity contribution is 9.09. The number of hydrogen-bond acceptors (Lipinski definition) is 5. The fourth-order valence-electron chi connectivity index (χ4n) is 3.50. The zero-order chi connectivity index (χ0) is 16.1. The number of fused-ring (bicyclic) bond motifs is 3. The van der Waals surface area contributed by atoms with Gasteiger partial charge in [-0.05, 0) is 11.6 Å². The monoisotopic (exact) mass is 368 g/mol. The summed E-state index contributed by atoms with van der Waals surface area (Å²) >= 11 is 3.78. The molecule has 1 aromatic rings. The maximum atomic E-state index is 12.2. The van der Waals surface area contributed by atoms with Crippen LogP contribution in [0.25, 0.3) is 0 Å². The van der Waals surface area contributed by atoms with Crippen LogP contribution in [0.2, 0.25) is 0 Å². The number of carbonyl (C=O) groups is 2. The van der Waals surface area contributed by atoms with Crippen LogP contribution < -0.4 is 5.06 Å². The van der Waals surface area contributed by atoms with Crippen molar-refractivity contribution in [3.8, 4) is 0 Å². The number of alkyl halides is 1. The molecule has 0 radical (unpaired) electrons. The van der Waals surface area contributed by atoms with E-state index in [1.165, 1.54) is 18.9 Å². The number of esters is 1. The molecule has 118 valence electrons. The topological polar surface area (TPSA) is 59.1 Å². The standard InChI is InChI=1S/C15H17BrN2O4/c1-9(19)17-12(13(20)21-2)8-15(16)10-6-4-5-7-11(10)18(22-3)14(15)17/h4-7,12,14H,8H2,1-3H3/t12-,14+,15+/m0/s1. The van der Waals surface area contributed by atoms with Gasteiger partial charge in [0.1, 0.15) is 12.2 Å². The molecular weight excluding hydrogens is 352 g/mol. The molecule has 2 heterocycles. The van der Waals surface area contributed by atoms with Crippen molar-refractivity contribution in [1.29, 1.82) is 0 Å². The number of likely N-dealkylation sites (tertiary alicyclic amines) is 1. The molecule has 0 bridgehead atoms. The number of methoxy groups -OCH3 is 1. The molecule has 0 aliphatic carbocycles. The van der Waals surface area contributed by atoms with Crippen molar-refractivity contribution in [2.24, 2.45) is 0 Å². The summed E-state index contributed by atoms with van der Waals surface area (Å²) in [5, 5.41) is 1.68. The SMILES string of the molecule is COC(=O)[C@@H]1C[C@@]2(Br)c3ccccc3N(OC)[C@H]2N1C(C)=O. The average molecular weight is 369 g/mol.